The molecule has 2 atom stereocenters. The average Bonchev–Trinajstić information content (AvgIpc) is 3.84. The molecule has 0 spiro atoms. The molecule has 268 valence electrons. The van der Waals surface area contributed by atoms with Gasteiger partial charge in [-0.3, -0.25) is 9.59 Å². The first-order valence-corrected chi connectivity index (χ1v) is 20.3. The summed E-state index contributed by atoms with van der Waals surface area (Å²) in [7, 11) is -3.98. The molecule has 6 rings (SSSR count). The van der Waals surface area contributed by atoms with Crippen molar-refractivity contribution in [2.24, 2.45) is 5.92 Å². The number of hydrogen-bond acceptors (Lipinski definition) is 8. The highest BCUT2D eigenvalue weighted by molar-refractivity contribution is 7.89. The van der Waals surface area contributed by atoms with E-state index < -0.39 is 34.6 Å². The monoisotopic (exact) mass is 751 g/mol. The maximum absolute atomic E-state index is 14.3. The summed E-state index contributed by atoms with van der Waals surface area (Å²) in [5.41, 5.74) is 4.70. The van der Waals surface area contributed by atoms with Gasteiger partial charge in [0.15, 0.2) is 5.78 Å². The Hall–Kier alpha value is -4.52. The number of nitrogens with one attached hydrogen (secondary N) is 1. The minimum atomic E-state index is -3.98. The molecule has 0 saturated carbocycles. The number of sulfonamides is 1. The number of rotatable bonds is 16. The lowest BCUT2D eigenvalue weighted by molar-refractivity contribution is -0.121. The van der Waals surface area contributed by atoms with E-state index >= 15 is 0 Å². The van der Waals surface area contributed by atoms with Crippen molar-refractivity contribution < 1.29 is 23.1 Å². The number of ketones is 1. The number of aromatic nitrogens is 1. The molecule has 2 aromatic heterocycles. The number of thiophene rings is 1. The van der Waals surface area contributed by atoms with E-state index in [0.717, 1.165) is 26.2 Å². The highest BCUT2D eigenvalue weighted by Gasteiger charge is 2.35. The molecule has 1 amide bonds. The molecule has 0 radical (unpaired) electrons. The molecule has 6 aromatic rings. The van der Waals surface area contributed by atoms with Gasteiger partial charge >= 0.3 is 0 Å². The van der Waals surface area contributed by atoms with Gasteiger partial charge in [-0.05, 0) is 65.9 Å². The van der Waals surface area contributed by atoms with Gasteiger partial charge in [-0.2, -0.15) is 4.31 Å². The summed E-state index contributed by atoms with van der Waals surface area (Å²) < 4.78 is 30.4. The number of aliphatic hydroxyl groups is 1. The minimum Gasteiger partial charge on any atom is -0.394 e. The van der Waals surface area contributed by atoms with Crippen LogP contribution in [0.5, 0.6) is 0 Å². The SMILES string of the molecule is CC(C)CN(C(CO)c1ccc(CCC(=O)C(NC(=O)c2ccccc2)C(c2ccccc2)c2ccccc2)s1)S(=O)(=O)c1ccc2ncsc2c1. The summed E-state index contributed by atoms with van der Waals surface area (Å²) >= 11 is 2.76. The molecule has 2 heterocycles. The molecule has 52 heavy (non-hydrogen) atoms. The van der Waals surface area contributed by atoms with Crippen molar-refractivity contribution in [1.82, 2.24) is 14.6 Å². The zero-order valence-electron chi connectivity index (χ0n) is 29.0. The first-order chi connectivity index (χ1) is 25.2. The maximum Gasteiger partial charge on any atom is 0.251 e. The van der Waals surface area contributed by atoms with Gasteiger partial charge in [0.25, 0.3) is 5.91 Å². The van der Waals surface area contributed by atoms with Crippen LogP contribution in [0.15, 0.2) is 132 Å². The topological polar surface area (TPSA) is 117 Å². The third-order valence-corrected chi connectivity index (χ3v) is 12.8. The molecule has 0 aliphatic heterocycles. The Morgan fingerprint density at radius 1 is 0.846 bits per heavy atom. The number of Topliss-reactive ketones (excluding diaryl/α,β-unsaturated/α-hetero) is 1. The van der Waals surface area contributed by atoms with Gasteiger partial charge in [-0.25, -0.2) is 13.4 Å². The lowest BCUT2D eigenvalue weighted by Crippen LogP contribution is -2.45. The number of benzene rings is 4. The number of carbonyl (C=O) groups excluding carboxylic acids is 2. The van der Waals surface area contributed by atoms with Gasteiger partial charge in [0.1, 0.15) is 0 Å². The molecule has 11 heteroatoms. The molecule has 0 fully saturated rings. The summed E-state index contributed by atoms with van der Waals surface area (Å²) in [5.74, 6) is -0.892. The van der Waals surface area contributed by atoms with Crippen molar-refractivity contribution in [1.29, 1.82) is 0 Å². The molecule has 0 aliphatic rings. The molecule has 2 N–H and O–H groups in total. The van der Waals surface area contributed by atoms with Crippen molar-refractivity contribution in [3.63, 3.8) is 0 Å². The van der Waals surface area contributed by atoms with Crippen LogP contribution in [0.3, 0.4) is 0 Å². The van der Waals surface area contributed by atoms with E-state index in [1.54, 1.807) is 48.0 Å². The fourth-order valence-corrected chi connectivity index (χ4v) is 10.1. The van der Waals surface area contributed by atoms with E-state index in [-0.39, 0.29) is 35.5 Å². The number of nitrogens with zero attached hydrogens (tertiary/aromatic N) is 2. The lowest BCUT2D eigenvalue weighted by atomic mass is 9.82. The van der Waals surface area contributed by atoms with Crippen LogP contribution in [-0.2, 0) is 21.2 Å². The van der Waals surface area contributed by atoms with Crippen molar-refractivity contribution in [3.8, 4) is 0 Å². The van der Waals surface area contributed by atoms with Crippen molar-refractivity contribution in [3.05, 3.63) is 153 Å². The lowest BCUT2D eigenvalue weighted by Gasteiger charge is -2.30. The highest BCUT2D eigenvalue weighted by atomic mass is 32.2. The third-order valence-electron chi connectivity index (χ3n) is 8.92. The number of aliphatic hydroxyl groups excluding tert-OH is 1. The second kappa shape index (κ2) is 16.9. The summed E-state index contributed by atoms with van der Waals surface area (Å²) in [6.07, 6.45) is 0.525. The number of carbonyl (C=O) groups is 2. The summed E-state index contributed by atoms with van der Waals surface area (Å²) in [6, 6.07) is 35.3. The number of hydrogen-bond donors (Lipinski definition) is 2. The molecule has 0 bridgehead atoms. The maximum atomic E-state index is 14.3. The van der Waals surface area contributed by atoms with Crippen LogP contribution in [-0.4, -0.2) is 53.7 Å². The van der Waals surface area contributed by atoms with Crippen LogP contribution < -0.4 is 5.32 Å². The van der Waals surface area contributed by atoms with E-state index in [2.05, 4.69) is 10.3 Å². The molecule has 4 aromatic carbocycles. The Labute approximate surface area is 312 Å². The van der Waals surface area contributed by atoms with E-state index in [1.807, 2.05) is 92.7 Å². The van der Waals surface area contributed by atoms with Crippen molar-refractivity contribution in [2.45, 2.75) is 49.6 Å². The smallest absolute Gasteiger partial charge is 0.251 e. The van der Waals surface area contributed by atoms with Crippen molar-refractivity contribution in [2.75, 3.05) is 13.2 Å². The Morgan fingerprint density at radius 3 is 2.10 bits per heavy atom. The third kappa shape index (κ3) is 8.57. The largest absolute Gasteiger partial charge is 0.394 e. The Bertz CT molecular complexity index is 2160. The van der Waals surface area contributed by atoms with Crippen LogP contribution >= 0.6 is 22.7 Å². The number of amides is 1. The zero-order valence-corrected chi connectivity index (χ0v) is 31.4. The average molecular weight is 752 g/mol. The fourth-order valence-electron chi connectivity index (χ4n) is 6.38. The van der Waals surface area contributed by atoms with Crippen LogP contribution in [0.25, 0.3) is 10.2 Å². The van der Waals surface area contributed by atoms with Crippen LogP contribution in [0.2, 0.25) is 0 Å². The summed E-state index contributed by atoms with van der Waals surface area (Å²) in [5, 5.41) is 13.7. The second-order valence-corrected chi connectivity index (χ2v) is 17.0. The normalized spacial score (nSPS) is 13.1. The number of fused-ring (bicyclic) bond motifs is 1. The fraction of sp³-hybridized carbons (Fsp3) is 0.244. The number of thiazole rings is 1. The quantitative estimate of drug-likeness (QED) is 0.104. The summed E-state index contributed by atoms with van der Waals surface area (Å²) in [4.78, 5) is 33.9. The molecular weight excluding hydrogens is 711 g/mol. The van der Waals surface area contributed by atoms with Crippen LogP contribution in [0, 0.1) is 5.92 Å². The Kier molecular flexibility index (Phi) is 12.1. The van der Waals surface area contributed by atoms with Crippen LogP contribution in [0.1, 0.15) is 63.5 Å². The van der Waals surface area contributed by atoms with Crippen LogP contribution in [0.4, 0.5) is 0 Å². The van der Waals surface area contributed by atoms with E-state index in [1.165, 1.54) is 27.0 Å². The molecule has 8 nitrogen and oxygen atoms in total. The zero-order chi connectivity index (χ0) is 36.7. The minimum absolute atomic E-state index is 0.00165. The van der Waals surface area contributed by atoms with E-state index in [4.69, 9.17) is 0 Å². The molecule has 2 unspecified atom stereocenters. The molecular formula is C41H41N3O5S3. The van der Waals surface area contributed by atoms with Gasteiger partial charge in [-0.1, -0.05) is 92.7 Å². The number of aryl methyl sites for hydroxylation is 1. The molecule has 0 aliphatic carbocycles. The van der Waals surface area contributed by atoms with Gasteiger partial charge in [0, 0.05) is 34.2 Å². The van der Waals surface area contributed by atoms with Gasteiger partial charge in [0.05, 0.1) is 39.3 Å². The summed E-state index contributed by atoms with van der Waals surface area (Å²) in [6.45, 7) is 3.69. The van der Waals surface area contributed by atoms with Gasteiger partial charge in [0.2, 0.25) is 10.0 Å². The second-order valence-electron chi connectivity index (χ2n) is 13.0. The predicted molar refractivity (Wildman–Crippen MR) is 208 cm³/mol. The van der Waals surface area contributed by atoms with Gasteiger partial charge < -0.3 is 10.4 Å². The Balaban J connectivity index is 1.26. The van der Waals surface area contributed by atoms with E-state index in [0.29, 0.717) is 16.9 Å². The molecule has 0 saturated heterocycles. The highest BCUT2D eigenvalue weighted by Crippen LogP contribution is 2.35. The van der Waals surface area contributed by atoms with Crippen molar-refractivity contribution >= 4 is 54.6 Å². The first-order valence-electron chi connectivity index (χ1n) is 17.2. The predicted octanol–water partition coefficient (Wildman–Crippen LogP) is 7.87. The first kappa shape index (κ1) is 37.2. The van der Waals surface area contributed by atoms with E-state index in [9.17, 15) is 23.1 Å². The Morgan fingerprint density at radius 2 is 1.48 bits per heavy atom. The standard InChI is InChI=1S/C41H41N3O5S3/c1-28(2)25-44(52(48,49)33-20-21-34-38(24-33)50-27-42-34)35(26-45)37-23-19-32(51-37)18-22-36(46)40(43-41(47)31-16-10-5-11-17-31)39(29-12-6-3-7-13-29)30-14-8-4-9-15-30/h3-17,19-21,23-24,27-28,35,39-40,45H,18,22,25-26H2,1-2H3,(H,43,47). The van der Waals surface area contributed by atoms with Gasteiger partial charge in [-0.15, -0.1) is 22.7 Å².